The molecular weight excluding hydrogens is 441 g/mol. The summed E-state index contributed by atoms with van der Waals surface area (Å²) in [6, 6.07) is 9.79. The van der Waals surface area contributed by atoms with E-state index >= 15 is 0 Å². The van der Waals surface area contributed by atoms with E-state index in [1.54, 1.807) is 23.1 Å². The number of fused-ring (bicyclic) bond motifs is 1. The number of rotatable bonds is 6. The van der Waals surface area contributed by atoms with E-state index < -0.39 is 17.8 Å². The van der Waals surface area contributed by atoms with E-state index in [4.69, 9.17) is 9.47 Å². The molecule has 2 heterocycles. The zero-order valence-corrected chi connectivity index (χ0v) is 18.6. The van der Waals surface area contributed by atoms with Crippen LogP contribution in [0.3, 0.4) is 0 Å². The largest absolute Gasteiger partial charge is 0.454 e. The van der Waals surface area contributed by atoms with Gasteiger partial charge in [0.25, 0.3) is 11.8 Å². The number of hydrogen-bond acceptors (Lipinski definition) is 5. The number of likely N-dealkylation sites (tertiary alicyclic amines) is 1. The van der Waals surface area contributed by atoms with Crippen LogP contribution in [0.15, 0.2) is 42.5 Å². The molecule has 2 N–H and O–H groups in total. The topological polar surface area (TPSA) is 97.0 Å². The Morgan fingerprint density at radius 2 is 1.59 bits per heavy atom. The number of amides is 3. The standard InChI is InChI=1S/C25H26FN3O5/c26-18-4-1-16(2-5-18)23(30)28-22(24(31)27-19-6-7-19)15-9-11-29(12-10-15)25(32)17-3-8-20-21(13-17)34-14-33-20/h1-5,8,13,15,19,22H,6-7,9-12,14H2,(H,27,31)(H,28,30). The summed E-state index contributed by atoms with van der Waals surface area (Å²) in [4.78, 5) is 40.5. The molecule has 178 valence electrons. The van der Waals surface area contributed by atoms with E-state index in [2.05, 4.69) is 10.6 Å². The molecule has 1 unspecified atom stereocenters. The molecule has 1 saturated heterocycles. The minimum absolute atomic E-state index is 0.105. The highest BCUT2D eigenvalue weighted by Crippen LogP contribution is 2.33. The molecule has 5 rings (SSSR count). The van der Waals surface area contributed by atoms with Gasteiger partial charge in [-0.3, -0.25) is 14.4 Å². The lowest BCUT2D eigenvalue weighted by atomic mass is 9.88. The smallest absolute Gasteiger partial charge is 0.253 e. The number of halogens is 1. The molecule has 0 radical (unpaired) electrons. The minimum Gasteiger partial charge on any atom is -0.454 e. The second-order valence-electron chi connectivity index (χ2n) is 8.94. The fourth-order valence-electron chi connectivity index (χ4n) is 4.39. The normalized spacial score (nSPS) is 18.3. The zero-order valence-electron chi connectivity index (χ0n) is 18.6. The van der Waals surface area contributed by atoms with Crippen molar-refractivity contribution in [2.75, 3.05) is 19.9 Å². The second-order valence-corrected chi connectivity index (χ2v) is 8.94. The monoisotopic (exact) mass is 467 g/mol. The van der Waals surface area contributed by atoms with Crippen molar-refractivity contribution in [2.45, 2.75) is 37.8 Å². The van der Waals surface area contributed by atoms with Crippen molar-refractivity contribution in [1.29, 1.82) is 0 Å². The maximum atomic E-state index is 13.2. The van der Waals surface area contributed by atoms with Gasteiger partial charge in [0, 0.05) is 30.3 Å². The lowest BCUT2D eigenvalue weighted by Gasteiger charge is -2.36. The molecule has 0 aromatic heterocycles. The van der Waals surface area contributed by atoms with Crippen molar-refractivity contribution in [3.63, 3.8) is 0 Å². The molecule has 0 bridgehead atoms. The molecule has 0 spiro atoms. The van der Waals surface area contributed by atoms with Gasteiger partial charge in [0.2, 0.25) is 12.7 Å². The predicted octanol–water partition coefficient (Wildman–Crippen LogP) is 2.48. The van der Waals surface area contributed by atoms with Crippen LogP contribution < -0.4 is 20.1 Å². The van der Waals surface area contributed by atoms with Crippen molar-refractivity contribution in [1.82, 2.24) is 15.5 Å². The van der Waals surface area contributed by atoms with Gasteiger partial charge in [-0.2, -0.15) is 0 Å². The SMILES string of the molecule is O=C(NC(C(=O)NC1CC1)C1CCN(C(=O)c2ccc3c(c2)OCO3)CC1)c1ccc(F)cc1. The third-order valence-corrected chi connectivity index (χ3v) is 6.52. The molecule has 3 aliphatic rings. The van der Waals surface area contributed by atoms with E-state index in [0.717, 1.165) is 12.8 Å². The van der Waals surface area contributed by atoms with Gasteiger partial charge in [0.1, 0.15) is 11.9 Å². The number of hydrogen-bond donors (Lipinski definition) is 2. The summed E-state index contributed by atoms with van der Waals surface area (Å²) in [5.74, 6) is -0.111. The highest BCUT2D eigenvalue weighted by molar-refractivity contribution is 5.98. The first-order valence-electron chi connectivity index (χ1n) is 11.5. The Morgan fingerprint density at radius 3 is 2.29 bits per heavy atom. The predicted molar refractivity (Wildman–Crippen MR) is 120 cm³/mol. The minimum atomic E-state index is -0.721. The molecule has 2 aliphatic heterocycles. The molecular formula is C25H26FN3O5. The van der Waals surface area contributed by atoms with Crippen LogP contribution in [0.5, 0.6) is 11.5 Å². The second kappa shape index (κ2) is 9.32. The number of nitrogens with one attached hydrogen (secondary N) is 2. The highest BCUT2D eigenvalue weighted by atomic mass is 19.1. The molecule has 2 fully saturated rings. The Kier molecular flexibility index (Phi) is 6.08. The van der Waals surface area contributed by atoms with Crippen molar-refractivity contribution in [2.24, 2.45) is 5.92 Å². The van der Waals surface area contributed by atoms with Gasteiger partial charge in [0.15, 0.2) is 11.5 Å². The van der Waals surface area contributed by atoms with Gasteiger partial charge in [-0.25, -0.2) is 4.39 Å². The van der Waals surface area contributed by atoms with Crippen molar-refractivity contribution in [3.05, 3.63) is 59.4 Å². The molecule has 9 heteroatoms. The Balaban J connectivity index is 1.24. The Morgan fingerprint density at radius 1 is 0.912 bits per heavy atom. The average Bonchev–Trinajstić information content (AvgIpc) is 3.54. The van der Waals surface area contributed by atoms with Crippen LogP contribution in [-0.4, -0.2) is 54.6 Å². The van der Waals surface area contributed by atoms with Crippen LogP contribution in [0.2, 0.25) is 0 Å². The van der Waals surface area contributed by atoms with E-state index in [1.165, 1.54) is 24.3 Å². The van der Waals surface area contributed by atoms with Gasteiger partial charge < -0.3 is 25.0 Å². The van der Waals surface area contributed by atoms with E-state index in [0.29, 0.717) is 48.6 Å². The molecule has 1 aliphatic carbocycles. The summed E-state index contributed by atoms with van der Waals surface area (Å²) in [6.45, 7) is 1.08. The van der Waals surface area contributed by atoms with Gasteiger partial charge in [0.05, 0.1) is 0 Å². The zero-order chi connectivity index (χ0) is 23.7. The van der Waals surface area contributed by atoms with Crippen LogP contribution in [-0.2, 0) is 4.79 Å². The van der Waals surface area contributed by atoms with Gasteiger partial charge >= 0.3 is 0 Å². The Labute approximate surface area is 196 Å². The molecule has 3 amide bonds. The average molecular weight is 467 g/mol. The number of carbonyl (C=O) groups excluding carboxylic acids is 3. The third-order valence-electron chi connectivity index (χ3n) is 6.52. The lowest BCUT2D eigenvalue weighted by Crippen LogP contribution is -2.54. The highest BCUT2D eigenvalue weighted by Gasteiger charge is 2.36. The number of nitrogens with zero attached hydrogens (tertiary/aromatic N) is 1. The van der Waals surface area contributed by atoms with Crippen LogP contribution in [0.1, 0.15) is 46.4 Å². The fraction of sp³-hybridized carbons (Fsp3) is 0.400. The van der Waals surface area contributed by atoms with Gasteiger partial charge in [-0.15, -0.1) is 0 Å². The summed E-state index contributed by atoms with van der Waals surface area (Å²) in [7, 11) is 0. The number of ether oxygens (including phenoxy) is 2. The number of benzene rings is 2. The van der Waals surface area contributed by atoms with Gasteiger partial charge in [-0.1, -0.05) is 0 Å². The van der Waals surface area contributed by atoms with E-state index in [1.807, 2.05) is 0 Å². The lowest BCUT2D eigenvalue weighted by molar-refractivity contribution is -0.124. The quantitative estimate of drug-likeness (QED) is 0.681. The summed E-state index contributed by atoms with van der Waals surface area (Å²) >= 11 is 0. The number of piperidine rings is 1. The van der Waals surface area contributed by atoms with Crippen LogP contribution in [0, 0.1) is 11.7 Å². The van der Waals surface area contributed by atoms with Crippen molar-refractivity contribution >= 4 is 17.7 Å². The summed E-state index contributed by atoms with van der Waals surface area (Å²) in [5.41, 5.74) is 0.816. The van der Waals surface area contributed by atoms with E-state index in [-0.39, 0.29) is 30.6 Å². The van der Waals surface area contributed by atoms with Crippen LogP contribution in [0.25, 0.3) is 0 Å². The molecule has 2 aromatic carbocycles. The maximum absolute atomic E-state index is 13.2. The van der Waals surface area contributed by atoms with Gasteiger partial charge in [-0.05, 0) is 74.1 Å². The fourth-order valence-corrected chi connectivity index (χ4v) is 4.39. The summed E-state index contributed by atoms with van der Waals surface area (Å²) in [6.07, 6.45) is 3.02. The number of carbonyl (C=O) groups is 3. The first kappa shape index (κ1) is 22.2. The van der Waals surface area contributed by atoms with Crippen LogP contribution in [0.4, 0.5) is 4.39 Å². The Bertz CT molecular complexity index is 1090. The molecule has 34 heavy (non-hydrogen) atoms. The maximum Gasteiger partial charge on any atom is 0.253 e. The Hall–Kier alpha value is -3.62. The molecule has 2 aromatic rings. The summed E-state index contributed by atoms with van der Waals surface area (Å²) in [5, 5.41) is 5.83. The van der Waals surface area contributed by atoms with Crippen molar-refractivity contribution in [3.8, 4) is 11.5 Å². The molecule has 8 nitrogen and oxygen atoms in total. The first-order chi connectivity index (χ1) is 16.5. The molecule has 1 atom stereocenters. The van der Waals surface area contributed by atoms with Crippen molar-refractivity contribution < 1.29 is 28.2 Å². The third kappa shape index (κ3) is 4.83. The molecule has 1 saturated carbocycles. The summed E-state index contributed by atoms with van der Waals surface area (Å²) < 4.78 is 23.9. The van der Waals surface area contributed by atoms with E-state index in [9.17, 15) is 18.8 Å². The first-order valence-corrected chi connectivity index (χ1v) is 11.5. The van der Waals surface area contributed by atoms with Crippen LogP contribution >= 0.6 is 0 Å².